The number of rotatable bonds is 40. The van der Waals surface area contributed by atoms with Gasteiger partial charge in [0.05, 0.1) is 19.8 Å². The molecule has 0 heterocycles. The van der Waals surface area contributed by atoms with Crippen LogP contribution in [0, 0.1) is 0 Å². The van der Waals surface area contributed by atoms with Crippen molar-refractivity contribution >= 4 is 19.8 Å². The molecule has 0 rings (SSSR count). The summed E-state index contributed by atoms with van der Waals surface area (Å²) >= 11 is 0. The standard InChI is InChI=1S/C44H79O10P/c1-3-5-7-9-11-13-15-17-19-20-22-23-25-27-29-31-33-35-43(47)51-39-42(40-53-55(49,50)52-38-41(46)37-45)54-44(48)36-34-32-30-28-26-24-21-18-16-14-12-10-8-6-4-2/h12-15,18,21,26,28,41-42,45-46H,3-11,16-17,19-20,22-25,27,29-40H2,1-2H3,(H,49,50)/b14-12+,15-13+,21-18+,28-26+/t41-,42+/m0/s1. The summed E-state index contributed by atoms with van der Waals surface area (Å²) in [7, 11) is -4.63. The predicted molar refractivity (Wildman–Crippen MR) is 224 cm³/mol. The van der Waals surface area contributed by atoms with Crippen LogP contribution in [0.2, 0.25) is 0 Å². The number of phosphoric acid groups is 1. The number of phosphoric ester groups is 1. The second kappa shape index (κ2) is 40.1. The van der Waals surface area contributed by atoms with Crippen LogP contribution < -0.4 is 0 Å². The second-order valence-electron chi connectivity index (χ2n) is 14.4. The fourth-order valence-electron chi connectivity index (χ4n) is 5.58. The summed E-state index contributed by atoms with van der Waals surface area (Å²) < 4.78 is 32.7. The van der Waals surface area contributed by atoms with Crippen LogP contribution in [0.4, 0.5) is 0 Å². The Morgan fingerprint density at radius 2 is 0.945 bits per heavy atom. The number of hydrogen-bond donors (Lipinski definition) is 3. The van der Waals surface area contributed by atoms with Crippen LogP contribution in [0.15, 0.2) is 48.6 Å². The predicted octanol–water partition coefficient (Wildman–Crippen LogP) is 11.3. The van der Waals surface area contributed by atoms with E-state index in [-0.39, 0.29) is 19.4 Å². The second-order valence-corrected chi connectivity index (χ2v) is 15.8. The van der Waals surface area contributed by atoms with E-state index in [2.05, 4.69) is 67.0 Å². The zero-order valence-electron chi connectivity index (χ0n) is 34.6. The monoisotopic (exact) mass is 799 g/mol. The molecule has 0 saturated heterocycles. The van der Waals surface area contributed by atoms with Crippen LogP contribution in [0.3, 0.4) is 0 Å². The van der Waals surface area contributed by atoms with Gasteiger partial charge in [0.1, 0.15) is 12.7 Å². The van der Waals surface area contributed by atoms with E-state index in [4.69, 9.17) is 19.1 Å². The fraction of sp³-hybridized carbons (Fsp3) is 0.773. The molecule has 0 aromatic rings. The lowest BCUT2D eigenvalue weighted by molar-refractivity contribution is -0.161. The van der Waals surface area contributed by atoms with Gasteiger partial charge >= 0.3 is 19.8 Å². The third-order valence-electron chi connectivity index (χ3n) is 8.96. The molecule has 10 nitrogen and oxygen atoms in total. The molecule has 3 N–H and O–H groups in total. The number of aliphatic hydroxyl groups is 2. The number of carbonyl (C=O) groups excluding carboxylic acids is 2. The number of unbranched alkanes of at least 4 members (excludes halogenated alkanes) is 18. The Kier molecular flexibility index (Phi) is 38.6. The zero-order chi connectivity index (χ0) is 40.5. The van der Waals surface area contributed by atoms with Crippen LogP contribution in [0.25, 0.3) is 0 Å². The van der Waals surface area contributed by atoms with Crippen molar-refractivity contribution in [1.29, 1.82) is 0 Å². The third-order valence-corrected chi connectivity index (χ3v) is 9.91. The minimum Gasteiger partial charge on any atom is -0.462 e. The maximum absolute atomic E-state index is 12.6. The molecule has 11 heteroatoms. The van der Waals surface area contributed by atoms with Gasteiger partial charge in [0.2, 0.25) is 0 Å². The van der Waals surface area contributed by atoms with Crippen LogP contribution in [0.5, 0.6) is 0 Å². The summed E-state index contributed by atoms with van der Waals surface area (Å²) in [6.07, 6.45) is 42.2. The minimum atomic E-state index is -4.63. The van der Waals surface area contributed by atoms with Crippen molar-refractivity contribution < 1.29 is 47.8 Å². The summed E-state index contributed by atoms with van der Waals surface area (Å²) in [6.45, 7) is 2.29. The highest BCUT2D eigenvalue weighted by atomic mass is 31.2. The summed E-state index contributed by atoms with van der Waals surface area (Å²) in [5, 5.41) is 18.3. The van der Waals surface area contributed by atoms with Crippen LogP contribution >= 0.6 is 7.82 Å². The van der Waals surface area contributed by atoms with Crippen molar-refractivity contribution in [3.05, 3.63) is 48.6 Å². The molecule has 0 aliphatic carbocycles. The molecular formula is C44H79O10P. The molecule has 55 heavy (non-hydrogen) atoms. The molecule has 0 saturated carbocycles. The zero-order valence-corrected chi connectivity index (χ0v) is 35.5. The highest BCUT2D eigenvalue weighted by Crippen LogP contribution is 2.43. The van der Waals surface area contributed by atoms with Crippen LogP contribution in [0.1, 0.15) is 181 Å². The van der Waals surface area contributed by atoms with Gasteiger partial charge in [-0.25, -0.2) is 4.57 Å². The molecule has 0 bridgehead atoms. The quantitative estimate of drug-likeness (QED) is 0.0237. The van der Waals surface area contributed by atoms with Crippen LogP contribution in [-0.2, 0) is 32.7 Å². The van der Waals surface area contributed by atoms with Gasteiger partial charge < -0.3 is 24.6 Å². The lowest BCUT2D eigenvalue weighted by Gasteiger charge is -2.20. The first-order valence-electron chi connectivity index (χ1n) is 21.6. The molecule has 0 aromatic carbocycles. The maximum atomic E-state index is 12.6. The fourth-order valence-corrected chi connectivity index (χ4v) is 6.37. The van der Waals surface area contributed by atoms with Crippen molar-refractivity contribution in [3.8, 4) is 0 Å². The first-order valence-corrected chi connectivity index (χ1v) is 23.1. The Morgan fingerprint density at radius 1 is 0.545 bits per heavy atom. The van der Waals surface area contributed by atoms with Gasteiger partial charge in [0, 0.05) is 12.8 Å². The number of allylic oxidation sites excluding steroid dienone is 8. The summed E-state index contributed by atoms with van der Waals surface area (Å²) in [5.41, 5.74) is 0. The third kappa shape index (κ3) is 39.9. The molecule has 1 unspecified atom stereocenters. The first kappa shape index (κ1) is 52.9. The Balaban J connectivity index is 4.35. The Hall–Kier alpha value is -2.07. The molecule has 0 aromatic heterocycles. The van der Waals surface area contributed by atoms with Gasteiger partial charge in [-0.05, 0) is 77.0 Å². The van der Waals surface area contributed by atoms with E-state index >= 15 is 0 Å². The van der Waals surface area contributed by atoms with Gasteiger partial charge in [-0.15, -0.1) is 0 Å². The first-order chi connectivity index (χ1) is 26.7. The average molecular weight is 799 g/mol. The highest BCUT2D eigenvalue weighted by Gasteiger charge is 2.27. The number of esters is 2. The van der Waals surface area contributed by atoms with Crippen molar-refractivity contribution in [2.75, 3.05) is 26.4 Å². The van der Waals surface area contributed by atoms with E-state index in [1.807, 2.05) is 0 Å². The van der Waals surface area contributed by atoms with Crippen LogP contribution in [-0.4, -0.2) is 65.7 Å². The minimum absolute atomic E-state index is 0.134. The normalized spacial score (nSPS) is 14.3. The van der Waals surface area contributed by atoms with E-state index in [0.29, 0.717) is 12.8 Å². The van der Waals surface area contributed by atoms with E-state index in [0.717, 1.165) is 51.4 Å². The van der Waals surface area contributed by atoms with Gasteiger partial charge in [-0.1, -0.05) is 140 Å². The molecule has 0 fully saturated rings. The SMILES string of the molecule is CCCCC/C=C/C/C=C/C/C=C/CCCCC(=O)O[C@H](COC(=O)CCCCCCCCCCC/C=C/CCCCCC)COP(=O)(O)OC[C@@H](O)CO. The molecular weight excluding hydrogens is 719 g/mol. The molecule has 0 aliphatic rings. The van der Waals surface area contributed by atoms with Crippen molar-refractivity contribution in [1.82, 2.24) is 0 Å². The lowest BCUT2D eigenvalue weighted by atomic mass is 10.1. The summed E-state index contributed by atoms with van der Waals surface area (Å²) in [4.78, 5) is 35.0. The largest absolute Gasteiger partial charge is 0.472 e. The van der Waals surface area contributed by atoms with Crippen molar-refractivity contribution in [2.24, 2.45) is 0 Å². The average Bonchev–Trinajstić information content (AvgIpc) is 3.17. The van der Waals surface area contributed by atoms with Crippen molar-refractivity contribution in [3.63, 3.8) is 0 Å². The van der Waals surface area contributed by atoms with Crippen molar-refractivity contribution in [2.45, 2.75) is 193 Å². The maximum Gasteiger partial charge on any atom is 0.472 e. The summed E-state index contributed by atoms with van der Waals surface area (Å²) in [6, 6.07) is 0. The van der Waals surface area contributed by atoms with Gasteiger partial charge in [0.25, 0.3) is 0 Å². The molecule has 0 radical (unpaired) electrons. The van der Waals surface area contributed by atoms with Gasteiger partial charge in [-0.2, -0.15) is 0 Å². The molecule has 3 atom stereocenters. The Morgan fingerprint density at radius 3 is 1.51 bits per heavy atom. The number of carbonyl (C=O) groups is 2. The van der Waals surface area contributed by atoms with E-state index in [1.54, 1.807) is 0 Å². The van der Waals surface area contributed by atoms with E-state index in [9.17, 15) is 24.2 Å². The topological polar surface area (TPSA) is 149 Å². The molecule has 320 valence electrons. The summed E-state index contributed by atoms with van der Waals surface area (Å²) in [5.74, 6) is -0.972. The van der Waals surface area contributed by atoms with Gasteiger partial charge in [-0.3, -0.25) is 18.6 Å². The highest BCUT2D eigenvalue weighted by molar-refractivity contribution is 7.47. The number of aliphatic hydroxyl groups excluding tert-OH is 2. The smallest absolute Gasteiger partial charge is 0.462 e. The van der Waals surface area contributed by atoms with E-state index in [1.165, 1.54) is 89.9 Å². The lowest BCUT2D eigenvalue weighted by Crippen LogP contribution is -2.29. The van der Waals surface area contributed by atoms with E-state index < -0.39 is 51.8 Å². The Bertz CT molecular complexity index is 1060. The number of ether oxygens (including phenoxy) is 2. The molecule has 0 aliphatic heterocycles. The number of hydrogen-bond acceptors (Lipinski definition) is 9. The van der Waals surface area contributed by atoms with Gasteiger partial charge in [0.15, 0.2) is 6.10 Å². The molecule has 0 amide bonds. The molecule has 0 spiro atoms. The Labute approximate surface area is 334 Å².